The Morgan fingerprint density at radius 1 is 1.07 bits per heavy atom. The molecule has 0 saturated carbocycles. The first-order valence-electron chi connectivity index (χ1n) is 8.61. The molecule has 2 amide bonds. The first kappa shape index (κ1) is 21.2. The van der Waals surface area contributed by atoms with Gasteiger partial charge in [-0.15, -0.1) is 0 Å². The topological polar surface area (TPSA) is 119 Å². The lowest BCUT2D eigenvalue weighted by molar-refractivity contribution is -0.114. The van der Waals surface area contributed by atoms with E-state index in [1.807, 2.05) is 6.92 Å². The number of nitrogens with zero attached hydrogens (tertiary/aromatic N) is 1. The van der Waals surface area contributed by atoms with Crippen LogP contribution in [0.25, 0.3) is 0 Å². The van der Waals surface area contributed by atoms with Crippen LogP contribution in [0.3, 0.4) is 0 Å². The van der Waals surface area contributed by atoms with Gasteiger partial charge < -0.3 is 15.8 Å². The molecule has 2 rings (SSSR count). The van der Waals surface area contributed by atoms with Crippen molar-refractivity contribution in [2.45, 2.75) is 13.3 Å². The Morgan fingerprint density at radius 2 is 1.68 bits per heavy atom. The second-order valence-corrected chi connectivity index (χ2v) is 8.01. The molecule has 0 saturated heterocycles. The highest BCUT2D eigenvalue weighted by Gasteiger charge is 2.21. The van der Waals surface area contributed by atoms with Crippen molar-refractivity contribution >= 4 is 33.2 Å². The van der Waals surface area contributed by atoms with Gasteiger partial charge in [0.2, 0.25) is 21.8 Å². The maximum Gasteiger partial charge on any atom is 0.248 e. The molecule has 0 fully saturated rings. The Balaban J connectivity index is 2.11. The second kappa shape index (κ2) is 9.23. The Morgan fingerprint density at radius 3 is 2.18 bits per heavy atom. The average Bonchev–Trinajstić information content (AvgIpc) is 2.64. The minimum Gasteiger partial charge on any atom is -0.494 e. The molecule has 0 radical (unpaired) electrons. The van der Waals surface area contributed by atoms with Crippen molar-refractivity contribution in [1.82, 2.24) is 0 Å². The summed E-state index contributed by atoms with van der Waals surface area (Å²) in [7, 11) is -3.68. The fraction of sp³-hybridized carbons (Fsp3) is 0.263. The Labute approximate surface area is 164 Å². The van der Waals surface area contributed by atoms with E-state index in [1.54, 1.807) is 24.3 Å². The molecule has 0 atom stereocenters. The van der Waals surface area contributed by atoms with Crippen LogP contribution >= 0.6 is 0 Å². The number of ether oxygens (including phenoxy) is 1. The quantitative estimate of drug-likeness (QED) is 0.661. The number of sulfonamides is 1. The summed E-state index contributed by atoms with van der Waals surface area (Å²) in [5.74, 6) is -0.478. The van der Waals surface area contributed by atoms with Gasteiger partial charge in [-0.3, -0.25) is 13.9 Å². The van der Waals surface area contributed by atoms with Crippen LogP contribution in [0.2, 0.25) is 0 Å². The normalized spacial score (nSPS) is 10.9. The number of nitrogens with two attached hydrogens (primary N) is 1. The van der Waals surface area contributed by atoms with E-state index < -0.39 is 28.4 Å². The second-order valence-electron chi connectivity index (χ2n) is 6.10. The van der Waals surface area contributed by atoms with Crippen LogP contribution in [-0.4, -0.2) is 39.6 Å². The average molecular weight is 405 g/mol. The van der Waals surface area contributed by atoms with E-state index in [2.05, 4.69) is 5.32 Å². The van der Waals surface area contributed by atoms with Gasteiger partial charge in [-0.2, -0.15) is 0 Å². The number of amides is 2. The van der Waals surface area contributed by atoms with Crippen LogP contribution in [0, 0.1) is 0 Å². The number of rotatable bonds is 9. The van der Waals surface area contributed by atoms with Gasteiger partial charge in [-0.25, -0.2) is 8.42 Å². The first-order valence-corrected chi connectivity index (χ1v) is 10.5. The summed E-state index contributed by atoms with van der Waals surface area (Å²) in [6.07, 6.45) is 1.89. The molecule has 2 aromatic carbocycles. The van der Waals surface area contributed by atoms with E-state index in [1.165, 1.54) is 24.3 Å². The maximum atomic E-state index is 12.3. The third kappa shape index (κ3) is 5.98. The highest BCUT2D eigenvalue weighted by atomic mass is 32.2. The lowest BCUT2D eigenvalue weighted by atomic mass is 10.2. The molecule has 0 aliphatic heterocycles. The largest absolute Gasteiger partial charge is 0.494 e. The minimum atomic E-state index is -3.68. The van der Waals surface area contributed by atoms with Crippen LogP contribution in [0.4, 0.5) is 11.4 Å². The van der Waals surface area contributed by atoms with Gasteiger partial charge in [0.05, 0.1) is 18.6 Å². The fourth-order valence-electron chi connectivity index (χ4n) is 2.38. The first-order chi connectivity index (χ1) is 13.2. The van der Waals surface area contributed by atoms with Gasteiger partial charge in [0.1, 0.15) is 12.3 Å². The van der Waals surface area contributed by atoms with Crippen LogP contribution < -0.4 is 20.1 Å². The molecular weight excluding hydrogens is 382 g/mol. The fourth-order valence-corrected chi connectivity index (χ4v) is 3.23. The molecule has 0 heterocycles. The van der Waals surface area contributed by atoms with Crippen LogP contribution in [0.15, 0.2) is 48.5 Å². The molecule has 28 heavy (non-hydrogen) atoms. The molecule has 0 spiro atoms. The van der Waals surface area contributed by atoms with Gasteiger partial charge in [0.25, 0.3) is 0 Å². The minimum absolute atomic E-state index is 0.307. The lowest BCUT2D eigenvalue weighted by Gasteiger charge is -2.22. The standard InChI is InChI=1S/C19H23N3O5S/c1-3-12-27-17-10-8-16(9-11-17)22(28(2,25)26)13-18(23)21-15-6-4-14(5-7-15)19(20)24/h4-11H,3,12-13H2,1-2H3,(H2,20,24)(H,21,23). The molecule has 150 valence electrons. The van der Waals surface area contributed by atoms with Gasteiger partial charge >= 0.3 is 0 Å². The summed E-state index contributed by atoms with van der Waals surface area (Å²) in [5.41, 5.74) is 6.25. The summed E-state index contributed by atoms with van der Waals surface area (Å²) in [5, 5.41) is 2.60. The van der Waals surface area contributed by atoms with Gasteiger partial charge in [0, 0.05) is 11.3 Å². The van der Waals surface area contributed by atoms with E-state index in [0.29, 0.717) is 29.3 Å². The van der Waals surface area contributed by atoms with Crippen molar-refractivity contribution in [3.63, 3.8) is 0 Å². The number of nitrogens with one attached hydrogen (secondary N) is 1. The van der Waals surface area contributed by atoms with Gasteiger partial charge in [-0.1, -0.05) is 6.92 Å². The smallest absolute Gasteiger partial charge is 0.248 e. The number of primary amides is 1. The van der Waals surface area contributed by atoms with Crippen molar-refractivity contribution in [2.24, 2.45) is 5.73 Å². The molecule has 2 aromatic rings. The van der Waals surface area contributed by atoms with E-state index in [-0.39, 0.29) is 0 Å². The predicted octanol–water partition coefficient (Wildman–Crippen LogP) is 1.98. The highest BCUT2D eigenvalue weighted by Crippen LogP contribution is 2.22. The summed E-state index contributed by atoms with van der Waals surface area (Å²) >= 11 is 0. The summed E-state index contributed by atoms with van der Waals surface area (Å²) in [6, 6.07) is 12.5. The zero-order valence-electron chi connectivity index (χ0n) is 15.7. The number of hydrogen-bond donors (Lipinski definition) is 2. The molecule has 0 aliphatic carbocycles. The van der Waals surface area contributed by atoms with E-state index in [9.17, 15) is 18.0 Å². The number of carbonyl (C=O) groups excluding carboxylic acids is 2. The molecule has 0 unspecified atom stereocenters. The molecule has 0 aromatic heterocycles. The third-order valence-electron chi connectivity index (χ3n) is 3.74. The SMILES string of the molecule is CCCOc1ccc(N(CC(=O)Nc2ccc(C(N)=O)cc2)S(C)(=O)=O)cc1. The van der Waals surface area contributed by atoms with Gasteiger partial charge in [0.15, 0.2) is 0 Å². The molecular formula is C19H23N3O5S. The van der Waals surface area contributed by atoms with E-state index in [4.69, 9.17) is 10.5 Å². The summed E-state index contributed by atoms with van der Waals surface area (Å²) in [4.78, 5) is 23.4. The zero-order chi connectivity index (χ0) is 20.7. The predicted molar refractivity (Wildman–Crippen MR) is 108 cm³/mol. The van der Waals surface area contributed by atoms with E-state index >= 15 is 0 Å². The monoisotopic (exact) mass is 405 g/mol. The number of carbonyl (C=O) groups is 2. The van der Waals surface area contributed by atoms with Crippen molar-refractivity contribution in [1.29, 1.82) is 0 Å². The van der Waals surface area contributed by atoms with Crippen LogP contribution in [0.5, 0.6) is 5.75 Å². The molecule has 8 nitrogen and oxygen atoms in total. The molecule has 0 bridgehead atoms. The van der Waals surface area contributed by atoms with Crippen molar-refractivity contribution in [3.8, 4) is 5.75 Å². The number of anilines is 2. The lowest BCUT2D eigenvalue weighted by Crippen LogP contribution is -2.37. The Hall–Kier alpha value is -3.07. The Kier molecular flexibility index (Phi) is 7.00. The summed E-state index contributed by atoms with van der Waals surface area (Å²) < 4.78 is 30.8. The molecule has 9 heteroatoms. The van der Waals surface area contributed by atoms with Crippen molar-refractivity contribution in [2.75, 3.05) is 29.0 Å². The highest BCUT2D eigenvalue weighted by molar-refractivity contribution is 7.92. The van der Waals surface area contributed by atoms with Crippen molar-refractivity contribution in [3.05, 3.63) is 54.1 Å². The number of hydrogen-bond acceptors (Lipinski definition) is 5. The van der Waals surface area contributed by atoms with Gasteiger partial charge in [-0.05, 0) is 55.0 Å². The summed E-state index contributed by atoms with van der Waals surface area (Å²) in [6.45, 7) is 2.15. The zero-order valence-corrected chi connectivity index (χ0v) is 16.5. The van der Waals surface area contributed by atoms with Crippen LogP contribution in [-0.2, 0) is 14.8 Å². The number of benzene rings is 2. The molecule has 0 aliphatic rings. The van der Waals surface area contributed by atoms with Crippen LogP contribution in [0.1, 0.15) is 23.7 Å². The Bertz CT molecular complexity index is 925. The third-order valence-corrected chi connectivity index (χ3v) is 4.88. The van der Waals surface area contributed by atoms with E-state index in [0.717, 1.165) is 17.0 Å². The van der Waals surface area contributed by atoms with Crippen molar-refractivity contribution < 1.29 is 22.7 Å². The maximum absolute atomic E-state index is 12.3. The molecule has 3 N–H and O–H groups in total.